The van der Waals surface area contributed by atoms with Crippen LogP contribution in [0.3, 0.4) is 0 Å². The lowest BCUT2D eigenvalue weighted by molar-refractivity contribution is 0.0928. The van der Waals surface area contributed by atoms with Gasteiger partial charge >= 0.3 is 0 Å². The van der Waals surface area contributed by atoms with Crippen LogP contribution in [0.1, 0.15) is 35.4 Å². The fraction of sp³-hybridized carbons (Fsp3) is 0.316. The van der Waals surface area contributed by atoms with Gasteiger partial charge in [-0.25, -0.2) is 0 Å². The number of hydrogen-bond acceptors (Lipinski definition) is 4. The Morgan fingerprint density at radius 3 is 2.71 bits per heavy atom. The topological polar surface area (TPSA) is 50.8 Å². The van der Waals surface area contributed by atoms with Gasteiger partial charge < -0.3 is 19.7 Å². The van der Waals surface area contributed by atoms with E-state index in [9.17, 15) is 4.79 Å². The van der Waals surface area contributed by atoms with Crippen LogP contribution in [0.25, 0.3) is 0 Å². The van der Waals surface area contributed by atoms with Crippen LogP contribution in [-0.4, -0.2) is 26.7 Å². The molecule has 24 heavy (non-hydrogen) atoms. The van der Waals surface area contributed by atoms with Gasteiger partial charge in [0.15, 0.2) is 11.5 Å². The van der Waals surface area contributed by atoms with Crippen LogP contribution in [0, 0.1) is 0 Å². The average molecular weight is 326 g/mol. The molecule has 1 atom stereocenters. The van der Waals surface area contributed by atoms with Gasteiger partial charge in [0.05, 0.1) is 25.0 Å². The molecule has 0 aromatic heterocycles. The van der Waals surface area contributed by atoms with Crippen molar-refractivity contribution in [1.82, 2.24) is 5.32 Å². The molecule has 5 nitrogen and oxygen atoms in total. The number of para-hydroxylation sites is 1. The molecule has 1 aliphatic rings. The van der Waals surface area contributed by atoms with Crippen LogP contribution in [0.5, 0.6) is 11.5 Å². The normalized spacial score (nSPS) is 16.4. The van der Waals surface area contributed by atoms with Gasteiger partial charge in [-0.1, -0.05) is 25.1 Å². The SMILES string of the molecule is CCCOc1cc(C2NC(=O)c3ccccc3N2C)ccc1OC. The highest BCUT2D eigenvalue weighted by atomic mass is 16.5. The third kappa shape index (κ3) is 2.89. The summed E-state index contributed by atoms with van der Waals surface area (Å²) >= 11 is 0. The third-order valence-corrected chi connectivity index (χ3v) is 4.15. The number of ether oxygens (including phenoxy) is 2. The summed E-state index contributed by atoms with van der Waals surface area (Å²) in [5, 5.41) is 3.05. The second-order valence-corrected chi connectivity index (χ2v) is 5.76. The second-order valence-electron chi connectivity index (χ2n) is 5.76. The van der Waals surface area contributed by atoms with E-state index >= 15 is 0 Å². The number of carbonyl (C=O) groups is 1. The molecule has 5 heteroatoms. The van der Waals surface area contributed by atoms with E-state index in [1.165, 1.54) is 0 Å². The van der Waals surface area contributed by atoms with E-state index in [2.05, 4.69) is 17.1 Å². The molecule has 0 spiro atoms. The Balaban J connectivity index is 1.96. The molecule has 2 aromatic carbocycles. The lowest BCUT2D eigenvalue weighted by Gasteiger charge is -2.36. The second kappa shape index (κ2) is 6.83. The molecule has 0 bridgehead atoms. The molecule has 0 saturated carbocycles. The lowest BCUT2D eigenvalue weighted by Crippen LogP contribution is -2.44. The summed E-state index contributed by atoms with van der Waals surface area (Å²) < 4.78 is 11.1. The molecule has 0 fully saturated rings. The van der Waals surface area contributed by atoms with E-state index in [0.717, 1.165) is 17.7 Å². The van der Waals surface area contributed by atoms with Gasteiger partial charge in [-0.3, -0.25) is 4.79 Å². The molecule has 126 valence electrons. The van der Waals surface area contributed by atoms with E-state index in [1.54, 1.807) is 7.11 Å². The van der Waals surface area contributed by atoms with Crippen LogP contribution < -0.4 is 19.7 Å². The van der Waals surface area contributed by atoms with Crippen LogP contribution in [-0.2, 0) is 0 Å². The number of carbonyl (C=O) groups excluding carboxylic acids is 1. The number of nitrogens with zero attached hydrogens (tertiary/aromatic N) is 1. The van der Waals surface area contributed by atoms with E-state index < -0.39 is 0 Å². The summed E-state index contributed by atoms with van der Waals surface area (Å²) in [6, 6.07) is 13.4. The Labute approximate surface area is 142 Å². The molecule has 0 radical (unpaired) electrons. The van der Waals surface area contributed by atoms with Crippen LogP contribution in [0.4, 0.5) is 5.69 Å². The van der Waals surface area contributed by atoms with Crippen molar-refractivity contribution in [3.05, 3.63) is 53.6 Å². The van der Waals surface area contributed by atoms with Gasteiger partial charge in [0.1, 0.15) is 6.17 Å². The van der Waals surface area contributed by atoms with Crippen molar-refractivity contribution in [2.45, 2.75) is 19.5 Å². The number of amides is 1. The fourth-order valence-corrected chi connectivity index (χ4v) is 2.91. The first-order valence-electron chi connectivity index (χ1n) is 8.09. The Morgan fingerprint density at radius 1 is 1.17 bits per heavy atom. The maximum absolute atomic E-state index is 12.4. The molecule has 1 aliphatic heterocycles. The van der Waals surface area contributed by atoms with E-state index in [4.69, 9.17) is 9.47 Å². The zero-order chi connectivity index (χ0) is 17.1. The smallest absolute Gasteiger partial charge is 0.255 e. The number of anilines is 1. The standard InChI is InChI=1S/C19H22N2O3/c1-4-11-24-17-12-13(9-10-16(17)23-3)18-20-19(22)14-7-5-6-8-15(14)21(18)2/h5-10,12,18H,4,11H2,1-3H3,(H,20,22). The number of fused-ring (bicyclic) bond motifs is 1. The Hall–Kier alpha value is -2.69. The zero-order valence-corrected chi connectivity index (χ0v) is 14.2. The molecule has 1 amide bonds. The molecular weight excluding hydrogens is 304 g/mol. The quantitative estimate of drug-likeness (QED) is 0.915. The number of hydrogen-bond donors (Lipinski definition) is 1. The van der Waals surface area contributed by atoms with Crippen LogP contribution in [0.15, 0.2) is 42.5 Å². The first-order valence-corrected chi connectivity index (χ1v) is 8.09. The van der Waals surface area contributed by atoms with Gasteiger partial charge in [-0.2, -0.15) is 0 Å². The summed E-state index contributed by atoms with van der Waals surface area (Å²) in [4.78, 5) is 14.5. The van der Waals surface area contributed by atoms with Crippen molar-refractivity contribution in [2.24, 2.45) is 0 Å². The monoisotopic (exact) mass is 326 g/mol. The largest absolute Gasteiger partial charge is 0.493 e. The number of benzene rings is 2. The van der Waals surface area contributed by atoms with Crippen molar-refractivity contribution in [3.8, 4) is 11.5 Å². The average Bonchev–Trinajstić information content (AvgIpc) is 2.62. The summed E-state index contributed by atoms with van der Waals surface area (Å²) in [7, 11) is 3.60. The maximum Gasteiger partial charge on any atom is 0.255 e. The van der Waals surface area contributed by atoms with Crippen LogP contribution in [0.2, 0.25) is 0 Å². The molecule has 1 heterocycles. The minimum Gasteiger partial charge on any atom is -0.493 e. The predicted molar refractivity (Wildman–Crippen MR) is 93.8 cm³/mol. The molecule has 0 saturated heterocycles. The Morgan fingerprint density at radius 2 is 1.96 bits per heavy atom. The Bertz CT molecular complexity index is 745. The minimum absolute atomic E-state index is 0.0689. The first kappa shape index (κ1) is 16.2. The van der Waals surface area contributed by atoms with E-state index in [1.807, 2.05) is 49.5 Å². The summed E-state index contributed by atoms with van der Waals surface area (Å²) in [5.41, 5.74) is 2.55. The minimum atomic E-state index is -0.248. The van der Waals surface area contributed by atoms with Crippen molar-refractivity contribution < 1.29 is 14.3 Å². The van der Waals surface area contributed by atoms with Gasteiger partial charge in [-0.05, 0) is 36.2 Å². The molecule has 1 N–H and O–H groups in total. The van der Waals surface area contributed by atoms with Crippen molar-refractivity contribution in [3.63, 3.8) is 0 Å². The summed E-state index contributed by atoms with van der Waals surface area (Å²) in [6.07, 6.45) is 0.670. The number of methoxy groups -OCH3 is 1. The highest BCUT2D eigenvalue weighted by Crippen LogP contribution is 2.35. The van der Waals surface area contributed by atoms with E-state index in [-0.39, 0.29) is 12.1 Å². The molecule has 2 aromatic rings. The maximum atomic E-state index is 12.4. The molecular formula is C19H22N2O3. The summed E-state index contributed by atoms with van der Waals surface area (Å²) in [5.74, 6) is 1.32. The predicted octanol–water partition coefficient (Wildman–Crippen LogP) is 3.36. The van der Waals surface area contributed by atoms with Gasteiger partial charge in [0.2, 0.25) is 0 Å². The van der Waals surface area contributed by atoms with Crippen molar-refractivity contribution in [1.29, 1.82) is 0 Å². The van der Waals surface area contributed by atoms with Gasteiger partial charge in [-0.15, -0.1) is 0 Å². The van der Waals surface area contributed by atoms with Crippen molar-refractivity contribution in [2.75, 3.05) is 25.7 Å². The highest BCUT2D eigenvalue weighted by Gasteiger charge is 2.29. The zero-order valence-electron chi connectivity index (χ0n) is 14.2. The van der Waals surface area contributed by atoms with Crippen LogP contribution >= 0.6 is 0 Å². The first-order chi connectivity index (χ1) is 11.7. The summed E-state index contributed by atoms with van der Waals surface area (Å²) in [6.45, 7) is 2.68. The third-order valence-electron chi connectivity index (χ3n) is 4.15. The molecule has 1 unspecified atom stereocenters. The van der Waals surface area contributed by atoms with Gasteiger partial charge in [0, 0.05) is 7.05 Å². The number of rotatable bonds is 5. The van der Waals surface area contributed by atoms with Crippen molar-refractivity contribution >= 4 is 11.6 Å². The van der Waals surface area contributed by atoms with Gasteiger partial charge in [0.25, 0.3) is 5.91 Å². The molecule has 3 rings (SSSR count). The lowest BCUT2D eigenvalue weighted by atomic mass is 10.0. The molecule has 0 aliphatic carbocycles. The number of nitrogens with one attached hydrogen (secondary N) is 1. The Kier molecular flexibility index (Phi) is 4.60. The van der Waals surface area contributed by atoms with E-state index in [0.29, 0.717) is 23.7 Å². The fourth-order valence-electron chi connectivity index (χ4n) is 2.91. The highest BCUT2D eigenvalue weighted by molar-refractivity contribution is 6.02.